The van der Waals surface area contributed by atoms with Gasteiger partial charge in [-0.1, -0.05) is 18.2 Å². The van der Waals surface area contributed by atoms with Gasteiger partial charge in [-0.2, -0.15) is 0 Å². The Kier molecular flexibility index (Phi) is 3.93. The molecule has 0 fully saturated rings. The molecule has 21 heavy (non-hydrogen) atoms. The van der Waals surface area contributed by atoms with Gasteiger partial charge in [0.25, 0.3) is 0 Å². The van der Waals surface area contributed by atoms with E-state index in [-0.39, 0.29) is 5.82 Å². The van der Waals surface area contributed by atoms with E-state index in [0.29, 0.717) is 17.9 Å². The molecule has 2 aromatic carbocycles. The molecule has 1 atom stereocenters. The summed E-state index contributed by atoms with van der Waals surface area (Å²) in [4.78, 5) is 0. The number of ether oxygens (including phenoxy) is 1. The number of hydrogen-bond acceptors (Lipinski definition) is 2. The lowest BCUT2D eigenvalue weighted by atomic mass is 10.1. The molecule has 110 valence electrons. The van der Waals surface area contributed by atoms with Crippen LogP contribution in [0.25, 0.3) is 0 Å². The van der Waals surface area contributed by atoms with E-state index in [4.69, 9.17) is 4.74 Å². The van der Waals surface area contributed by atoms with E-state index >= 15 is 0 Å². The quantitative estimate of drug-likeness (QED) is 0.922. The van der Waals surface area contributed by atoms with Crippen LogP contribution in [-0.4, -0.2) is 5.11 Å². The van der Waals surface area contributed by atoms with Crippen LogP contribution in [0.1, 0.15) is 41.7 Å². The summed E-state index contributed by atoms with van der Waals surface area (Å²) in [5, 5.41) is 9.71. The van der Waals surface area contributed by atoms with E-state index in [2.05, 4.69) is 18.2 Å². The molecule has 0 spiro atoms. The predicted molar refractivity (Wildman–Crippen MR) is 79.8 cm³/mol. The van der Waals surface area contributed by atoms with Crippen molar-refractivity contribution in [2.75, 3.05) is 0 Å². The zero-order valence-corrected chi connectivity index (χ0v) is 12.1. The second-order valence-electron chi connectivity index (χ2n) is 5.60. The van der Waals surface area contributed by atoms with Crippen molar-refractivity contribution in [3.63, 3.8) is 0 Å². The predicted octanol–water partition coefficient (Wildman–Crippen LogP) is 3.95. The van der Waals surface area contributed by atoms with E-state index in [9.17, 15) is 9.50 Å². The fourth-order valence-electron chi connectivity index (χ4n) is 2.85. The van der Waals surface area contributed by atoms with Crippen LogP contribution in [0, 0.1) is 5.82 Å². The van der Waals surface area contributed by atoms with Crippen molar-refractivity contribution < 1.29 is 14.2 Å². The second kappa shape index (κ2) is 5.86. The maximum absolute atomic E-state index is 13.3. The first-order chi connectivity index (χ1) is 10.1. The third kappa shape index (κ3) is 3.08. The lowest BCUT2D eigenvalue weighted by Gasteiger charge is -2.14. The van der Waals surface area contributed by atoms with E-state index in [1.807, 2.05) is 0 Å². The molecule has 3 heteroatoms. The Morgan fingerprint density at radius 1 is 1.14 bits per heavy atom. The standard InChI is InChI=1S/C18H19FO2/c1-12(20)17-10-16(19)7-8-18(17)21-11-13-5-6-14-3-2-4-15(14)9-13/h5-10,12,20H,2-4,11H2,1H3/t12-/m1/s1. The number of aliphatic hydroxyl groups excluding tert-OH is 1. The minimum absolute atomic E-state index is 0.365. The highest BCUT2D eigenvalue weighted by Crippen LogP contribution is 2.28. The van der Waals surface area contributed by atoms with Gasteiger partial charge in [-0.3, -0.25) is 0 Å². The van der Waals surface area contributed by atoms with Gasteiger partial charge in [0.15, 0.2) is 0 Å². The van der Waals surface area contributed by atoms with Gasteiger partial charge >= 0.3 is 0 Å². The van der Waals surface area contributed by atoms with Crippen LogP contribution >= 0.6 is 0 Å². The summed E-state index contributed by atoms with van der Waals surface area (Å²) in [5.41, 5.74) is 4.43. The van der Waals surface area contributed by atoms with Crippen LogP contribution in [0.15, 0.2) is 36.4 Å². The van der Waals surface area contributed by atoms with E-state index in [1.54, 1.807) is 13.0 Å². The zero-order chi connectivity index (χ0) is 14.8. The van der Waals surface area contributed by atoms with Gasteiger partial charge in [-0.25, -0.2) is 4.39 Å². The molecule has 2 nitrogen and oxygen atoms in total. The average molecular weight is 286 g/mol. The molecule has 0 radical (unpaired) electrons. The minimum atomic E-state index is -0.754. The summed E-state index contributed by atoms with van der Waals surface area (Å²) in [6.45, 7) is 2.04. The monoisotopic (exact) mass is 286 g/mol. The van der Waals surface area contributed by atoms with Gasteiger partial charge in [0.2, 0.25) is 0 Å². The molecule has 2 aromatic rings. The molecule has 0 aromatic heterocycles. The summed E-state index contributed by atoms with van der Waals surface area (Å²) in [6.07, 6.45) is 2.78. The number of aliphatic hydroxyl groups is 1. The highest BCUT2D eigenvalue weighted by atomic mass is 19.1. The smallest absolute Gasteiger partial charge is 0.125 e. The Morgan fingerprint density at radius 3 is 2.76 bits per heavy atom. The van der Waals surface area contributed by atoms with Crippen molar-refractivity contribution in [2.24, 2.45) is 0 Å². The topological polar surface area (TPSA) is 29.5 Å². The molecule has 1 aliphatic carbocycles. The number of benzene rings is 2. The summed E-state index contributed by atoms with van der Waals surface area (Å²) in [5.74, 6) is 0.169. The summed E-state index contributed by atoms with van der Waals surface area (Å²) < 4.78 is 19.0. The van der Waals surface area contributed by atoms with Crippen molar-refractivity contribution in [2.45, 2.75) is 38.9 Å². The van der Waals surface area contributed by atoms with Crippen LogP contribution in [-0.2, 0) is 19.4 Å². The third-order valence-electron chi connectivity index (χ3n) is 3.98. The van der Waals surface area contributed by atoms with Gasteiger partial charge < -0.3 is 9.84 Å². The van der Waals surface area contributed by atoms with E-state index < -0.39 is 6.10 Å². The van der Waals surface area contributed by atoms with Crippen LogP contribution < -0.4 is 4.74 Å². The van der Waals surface area contributed by atoms with E-state index in [0.717, 1.165) is 12.0 Å². The fraction of sp³-hybridized carbons (Fsp3) is 0.333. The van der Waals surface area contributed by atoms with Crippen LogP contribution in [0.5, 0.6) is 5.75 Å². The number of rotatable bonds is 4. The Hall–Kier alpha value is -1.87. The van der Waals surface area contributed by atoms with E-state index in [1.165, 1.54) is 36.1 Å². The maximum Gasteiger partial charge on any atom is 0.125 e. The van der Waals surface area contributed by atoms with Gasteiger partial charge in [0.05, 0.1) is 6.10 Å². The lowest BCUT2D eigenvalue weighted by Crippen LogP contribution is -2.02. The molecule has 0 saturated carbocycles. The fourth-order valence-corrected chi connectivity index (χ4v) is 2.85. The molecular weight excluding hydrogens is 267 g/mol. The van der Waals surface area contributed by atoms with Crippen molar-refractivity contribution >= 4 is 0 Å². The van der Waals surface area contributed by atoms with Gasteiger partial charge in [0, 0.05) is 5.56 Å². The molecule has 3 rings (SSSR count). The minimum Gasteiger partial charge on any atom is -0.489 e. The highest BCUT2D eigenvalue weighted by Gasteiger charge is 2.13. The molecule has 0 bridgehead atoms. The van der Waals surface area contributed by atoms with Gasteiger partial charge in [-0.05, 0) is 61.1 Å². The normalized spacial score (nSPS) is 14.8. The van der Waals surface area contributed by atoms with Crippen molar-refractivity contribution in [3.8, 4) is 5.75 Å². The summed E-state index contributed by atoms with van der Waals surface area (Å²) in [7, 11) is 0. The van der Waals surface area contributed by atoms with Gasteiger partial charge in [-0.15, -0.1) is 0 Å². The second-order valence-corrected chi connectivity index (χ2v) is 5.60. The first kappa shape index (κ1) is 14.1. The van der Waals surface area contributed by atoms with Crippen molar-refractivity contribution in [1.82, 2.24) is 0 Å². The van der Waals surface area contributed by atoms with Crippen LogP contribution in [0.2, 0.25) is 0 Å². The molecule has 1 aliphatic rings. The zero-order valence-electron chi connectivity index (χ0n) is 12.1. The number of hydrogen-bond donors (Lipinski definition) is 1. The molecule has 0 amide bonds. The number of fused-ring (bicyclic) bond motifs is 1. The largest absolute Gasteiger partial charge is 0.489 e. The van der Waals surface area contributed by atoms with Crippen LogP contribution in [0.4, 0.5) is 4.39 Å². The average Bonchev–Trinajstić information content (AvgIpc) is 2.93. The first-order valence-electron chi connectivity index (χ1n) is 7.34. The first-order valence-corrected chi connectivity index (χ1v) is 7.34. The molecule has 0 aliphatic heterocycles. The molecule has 0 saturated heterocycles. The Labute approximate surface area is 124 Å². The molecular formula is C18H19FO2. The molecule has 0 unspecified atom stereocenters. The van der Waals surface area contributed by atoms with Gasteiger partial charge in [0.1, 0.15) is 18.2 Å². The maximum atomic E-state index is 13.3. The highest BCUT2D eigenvalue weighted by molar-refractivity contribution is 5.37. The summed E-state index contributed by atoms with van der Waals surface area (Å²) in [6, 6.07) is 10.7. The molecule has 1 N–H and O–H groups in total. The Morgan fingerprint density at radius 2 is 1.95 bits per heavy atom. The Balaban J connectivity index is 1.76. The Bertz CT molecular complexity index is 650. The van der Waals surface area contributed by atoms with Crippen LogP contribution in [0.3, 0.4) is 0 Å². The summed E-state index contributed by atoms with van der Waals surface area (Å²) >= 11 is 0. The number of halogens is 1. The van der Waals surface area contributed by atoms with Crippen molar-refractivity contribution in [1.29, 1.82) is 0 Å². The third-order valence-corrected chi connectivity index (χ3v) is 3.98. The number of aryl methyl sites for hydroxylation is 2. The lowest BCUT2D eigenvalue weighted by molar-refractivity contribution is 0.189. The molecule has 0 heterocycles. The van der Waals surface area contributed by atoms with Crippen molar-refractivity contribution in [3.05, 3.63) is 64.5 Å². The SMILES string of the molecule is C[C@@H](O)c1cc(F)ccc1OCc1ccc2c(c1)CCC2.